The van der Waals surface area contributed by atoms with Gasteiger partial charge in [0, 0.05) is 11.8 Å². The summed E-state index contributed by atoms with van der Waals surface area (Å²) in [5.41, 5.74) is 1.96. The van der Waals surface area contributed by atoms with Gasteiger partial charge in [0.1, 0.15) is 17.3 Å². The lowest BCUT2D eigenvalue weighted by atomic mass is 10.1. The minimum Gasteiger partial charge on any atom is -0.241 e. The average molecular weight is 249 g/mol. The molecule has 0 fully saturated rings. The first kappa shape index (κ1) is 10.2. The molecular weight excluding hydrogens is 243 g/mol. The third-order valence-electron chi connectivity index (χ3n) is 2.40. The molecule has 0 aliphatic carbocycles. The summed E-state index contributed by atoms with van der Waals surface area (Å²) in [6, 6.07) is 4.90. The Morgan fingerprint density at radius 1 is 1.24 bits per heavy atom. The topological polar surface area (TPSA) is 43.1 Å². The van der Waals surface area contributed by atoms with Crippen molar-refractivity contribution in [2.24, 2.45) is 0 Å². The molecule has 0 aromatic carbocycles. The number of aromatic nitrogens is 4. The van der Waals surface area contributed by atoms with Gasteiger partial charge >= 0.3 is 0 Å². The third-order valence-corrected chi connectivity index (χ3v) is 2.70. The van der Waals surface area contributed by atoms with E-state index in [0.29, 0.717) is 11.2 Å². The van der Waals surface area contributed by atoms with Crippen LogP contribution in [0.15, 0.2) is 36.9 Å². The van der Waals surface area contributed by atoms with Gasteiger partial charge in [-0.25, -0.2) is 18.9 Å². The Labute approximate surface area is 101 Å². The van der Waals surface area contributed by atoms with Crippen molar-refractivity contribution in [3.63, 3.8) is 0 Å². The van der Waals surface area contributed by atoms with E-state index in [2.05, 4.69) is 15.1 Å². The molecule has 0 bridgehead atoms. The van der Waals surface area contributed by atoms with Gasteiger partial charge in [-0.15, -0.1) is 0 Å². The number of hydrogen-bond donors (Lipinski definition) is 0. The minimum atomic E-state index is -0.425. The molecule has 0 radical (unpaired) electrons. The normalized spacial score (nSPS) is 10.9. The maximum Gasteiger partial charge on any atom is 0.155 e. The van der Waals surface area contributed by atoms with Gasteiger partial charge in [0.25, 0.3) is 0 Å². The number of hydrogen-bond acceptors (Lipinski definition) is 3. The highest BCUT2D eigenvalue weighted by molar-refractivity contribution is 6.32. The minimum absolute atomic E-state index is 0.260. The molecule has 84 valence electrons. The summed E-state index contributed by atoms with van der Waals surface area (Å²) in [4.78, 5) is 7.82. The van der Waals surface area contributed by atoms with E-state index in [1.807, 2.05) is 0 Å². The zero-order valence-electron chi connectivity index (χ0n) is 8.51. The second kappa shape index (κ2) is 3.78. The van der Waals surface area contributed by atoms with Crippen LogP contribution in [0.25, 0.3) is 16.8 Å². The number of rotatable bonds is 1. The summed E-state index contributed by atoms with van der Waals surface area (Å²) in [5, 5.41) is 4.24. The summed E-state index contributed by atoms with van der Waals surface area (Å²) < 4.78 is 14.7. The van der Waals surface area contributed by atoms with Gasteiger partial charge in [-0.05, 0) is 23.8 Å². The lowest BCUT2D eigenvalue weighted by molar-refractivity contribution is 0.622. The maximum atomic E-state index is 13.1. The summed E-state index contributed by atoms with van der Waals surface area (Å²) in [6.45, 7) is 0. The van der Waals surface area contributed by atoms with E-state index in [-0.39, 0.29) is 5.15 Å². The summed E-state index contributed by atoms with van der Waals surface area (Å²) in [7, 11) is 0. The maximum absolute atomic E-state index is 13.1. The summed E-state index contributed by atoms with van der Waals surface area (Å²) in [5.74, 6) is -0.425. The number of nitrogens with zero attached hydrogens (tertiary/aromatic N) is 4. The zero-order valence-corrected chi connectivity index (χ0v) is 9.26. The molecule has 3 aromatic heterocycles. The van der Waals surface area contributed by atoms with Gasteiger partial charge in [0.05, 0.1) is 6.20 Å². The van der Waals surface area contributed by atoms with Crippen molar-refractivity contribution in [2.45, 2.75) is 0 Å². The van der Waals surface area contributed by atoms with E-state index in [9.17, 15) is 4.39 Å². The van der Waals surface area contributed by atoms with E-state index >= 15 is 0 Å². The van der Waals surface area contributed by atoms with Crippen molar-refractivity contribution < 1.29 is 4.39 Å². The van der Waals surface area contributed by atoms with Crippen LogP contribution in [0.3, 0.4) is 0 Å². The largest absolute Gasteiger partial charge is 0.241 e. The molecule has 0 spiro atoms. The molecule has 0 amide bonds. The SMILES string of the molecule is Fc1cnc(Cl)c(-c2ccn3ncnc3c2)c1. The predicted molar refractivity (Wildman–Crippen MR) is 61.2 cm³/mol. The van der Waals surface area contributed by atoms with Crippen LogP contribution in [0.4, 0.5) is 4.39 Å². The Balaban J connectivity index is 2.22. The lowest BCUT2D eigenvalue weighted by Gasteiger charge is -2.03. The predicted octanol–water partition coefficient (Wildman–Crippen LogP) is 2.58. The Morgan fingerprint density at radius 3 is 3.00 bits per heavy atom. The zero-order chi connectivity index (χ0) is 11.8. The van der Waals surface area contributed by atoms with Gasteiger partial charge in [-0.1, -0.05) is 11.6 Å². The molecule has 0 unspecified atom stereocenters. The molecule has 0 saturated heterocycles. The molecule has 0 saturated carbocycles. The van der Waals surface area contributed by atoms with Crippen LogP contribution in [0.1, 0.15) is 0 Å². The van der Waals surface area contributed by atoms with Gasteiger partial charge in [0.2, 0.25) is 0 Å². The molecule has 3 rings (SSSR count). The molecule has 6 heteroatoms. The lowest BCUT2D eigenvalue weighted by Crippen LogP contribution is -1.90. The molecule has 17 heavy (non-hydrogen) atoms. The first-order valence-electron chi connectivity index (χ1n) is 4.85. The van der Waals surface area contributed by atoms with Crippen LogP contribution in [-0.2, 0) is 0 Å². The highest BCUT2D eigenvalue weighted by atomic mass is 35.5. The van der Waals surface area contributed by atoms with Crippen LogP contribution in [0, 0.1) is 5.82 Å². The molecule has 3 aromatic rings. The van der Waals surface area contributed by atoms with Crippen molar-refractivity contribution >= 4 is 17.2 Å². The van der Waals surface area contributed by atoms with Crippen molar-refractivity contribution in [3.8, 4) is 11.1 Å². The second-order valence-electron chi connectivity index (χ2n) is 3.47. The van der Waals surface area contributed by atoms with E-state index in [4.69, 9.17) is 11.6 Å². The van der Waals surface area contributed by atoms with Crippen molar-refractivity contribution in [1.82, 2.24) is 19.6 Å². The van der Waals surface area contributed by atoms with Crippen LogP contribution in [0.5, 0.6) is 0 Å². The van der Waals surface area contributed by atoms with Gasteiger partial charge in [0.15, 0.2) is 5.65 Å². The molecular formula is C11H6ClFN4. The van der Waals surface area contributed by atoms with Crippen molar-refractivity contribution in [1.29, 1.82) is 0 Å². The number of fused-ring (bicyclic) bond motifs is 1. The van der Waals surface area contributed by atoms with Crippen LogP contribution in [0.2, 0.25) is 5.15 Å². The fourth-order valence-electron chi connectivity index (χ4n) is 1.61. The van der Waals surface area contributed by atoms with Crippen molar-refractivity contribution in [3.05, 3.63) is 47.9 Å². The van der Waals surface area contributed by atoms with Gasteiger partial charge in [-0.2, -0.15) is 5.10 Å². The Bertz CT molecular complexity index is 695. The summed E-state index contributed by atoms with van der Waals surface area (Å²) >= 11 is 5.94. The fraction of sp³-hybridized carbons (Fsp3) is 0. The van der Waals surface area contributed by atoms with Crippen molar-refractivity contribution in [2.75, 3.05) is 0 Å². The van der Waals surface area contributed by atoms with Crippen LogP contribution >= 0.6 is 11.6 Å². The molecule has 0 aliphatic rings. The molecule has 0 aliphatic heterocycles. The monoisotopic (exact) mass is 248 g/mol. The molecule has 4 nitrogen and oxygen atoms in total. The Morgan fingerprint density at radius 2 is 2.12 bits per heavy atom. The third kappa shape index (κ3) is 1.74. The first-order chi connectivity index (χ1) is 8.24. The molecule has 0 N–H and O–H groups in total. The highest BCUT2D eigenvalue weighted by Gasteiger charge is 2.07. The standard InChI is InChI=1S/C11H6ClFN4/c12-11-9(4-8(13)5-14-11)7-1-2-17-10(3-7)15-6-16-17/h1-6H. The van der Waals surface area contributed by atoms with E-state index in [1.54, 1.807) is 22.8 Å². The quantitative estimate of drug-likeness (QED) is 0.622. The molecule has 3 heterocycles. The molecule has 0 atom stereocenters. The average Bonchev–Trinajstić information content (AvgIpc) is 2.79. The van der Waals surface area contributed by atoms with E-state index in [1.165, 1.54) is 12.4 Å². The number of pyridine rings is 2. The fourth-order valence-corrected chi connectivity index (χ4v) is 1.82. The van der Waals surface area contributed by atoms with E-state index < -0.39 is 5.82 Å². The Kier molecular flexibility index (Phi) is 2.26. The second-order valence-corrected chi connectivity index (χ2v) is 3.83. The van der Waals surface area contributed by atoms with Crippen LogP contribution < -0.4 is 0 Å². The first-order valence-corrected chi connectivity index (χ1v) is 5.22. The smallest absolute Gasteiger partial charge is 0.155 e. The van der Waals surface area contributed by atoms with E-state index in [0.717, 1.165) is 11.8 Å². The van der Waals surface area contributed by atoms with Crippen LogP contribution in [-0.4, -0.2) is 19.6 Å². The highest BCUT2D eigenvalue weighted by Crippen LogP contribution is 2.26. The summed E-state index contributed by atoms with van der Waals surface area (Å²) in [6.07, 6.45) is 4.27. The number of halogens is 2. The van der Waals surface area contributed by atoms with Gasteiger partial charge < -0.3 is 0 Å². The van der Waals surface area contributed by atoms with Gasteiger partial charge in [-0.3, -0.25) is 0 Å². The Hall–Kier alpha value is -2.01.